The summed E-state index contributed by atoms with van der Waals surface area (Å²) in [7, 11) is 0. The molecule has 5 heteroatoms. The molecule has 2 aromatic carbocycles. The van der Waals surface area contributed by atoms with E-state index in [1.54, 1.807) is 23.5 Å². The summed E-state index contributed by atoms with van der Waals surface area (Å²) in [6.07, 6.45) is 4.20. The molecular formula is C20H22N2S3. The van der Waals surface area contributed by atoms with Crippen molar-refractivity contribution < 1.29 is 0 Å². The number of hydrogen-bond acceptors (Lipinski definition) is 5. The highest BCUT2D eigenvalue weighted by molar-refractivity contribution is 7.98. The van der Waals surface area contributed by atoms with Crippen molar-refractivity contribution in [2.24, 2.45) is 0 Å². The number of anilines is 2. The van der Waals surface area contributed by atoms with Gasteiger partial charge in [0.25, 0.3) is 0 Å². The van der Waals surface area contributed by atoms with Gasteiger partial charge in [0, 0.05) is 44.0 Å². The Morgan fingerprint density at radius 1 is 0.640 bits per heavy atom. The number of thiophene rings is 1. The third-order valence-electron chi connectivity index (χ3n) is 3.83. The Kier molecular flexibility index (Phi) is 6.73. The highest BCUT2D eigenvalue weighted by Crippen LogP contribution is 2.22. The predicted octanol–water partition coefficient (Wildman–Crippen LogP) is 6.42. The van der Waals surface area contributed by atoms with Crippen molar-refractivity contribution in [1.29, 1.82) is 0 Å². The van der Waals surface area contributed by atoms with Crippen LogP contribution in [0, 0.1) is 0 Å². The Balaban J connectivity index is 1.49. The summed E-state index contributed by atoms with van der Waals surface area (Å²) in [5.41, 5.74) is 2.33. The lowest BCUT2D eigenvalue weighted by molar-refractivity contribution is 1.19. The van der Waals surface area contributed by atoms with Gasteiger partial charge in [-0.15, -0.1) is 34.9 Å². The van der Waals surface area contributed by atoms with Crippen LogP contribution in [-0.2, 0) is 13.1 Å². The zero-order valence-electron chi connectivity index (χ0n) is 14.4. The standard InChI is InChI=1S/C20H22N2S3/c1-23-17-7-3-15(4-8-17)21-13-19-11-12-20(25-19)14-22-16-5-9-18(24-2)10-6-16/h3-12,21-22H,13-14H2,1-2H3. The molecule has 0 saturated carbocycles. The molecule has 1 heterocycles. The Morgan fingerprint density at radius 3 is 1.40 bits per heavy atom. The molecule has 0 fully saturated rings. The summed E-state index contributed by atoms with van der Waals surface area (Å²) in [6, 6.07) is 21.6. The Bertz CT molecular complexity index is 713. The lowest BCUT2D eigenvalue weighted by atomic mass is 10.3. The third kappa shape index (κ3) is 5.46. The van der Waals surface area contributed by atoms with Gasteiger partial charge in [0.2, 0.25) is 0 Å². The summed E-state index contributed by atoms with van der Waals surface area (Å²) in [4.78, 5) is 5.29. The summed E-state index contributed by atoms with van der Waals surface area (Å²) in [5, 5.41) is 6.98. The molecule has 2 nitrogen and oxygen atoms in total. The van der Waals surface area contributed by atoms with Crippen LogP contribution in [0.1, 0.15) is 9.75 Å². The van der Waals surface area contributed by atoms with Gasteiger partial charge >= 0.3 is 0 Å². The molecule has 25 heavy (non-hydrogen) atoms. The Labute approximate surface area is 162 Å². The van der Waals surface area contributed by atoms with Crippen molar-refractivity contribution in [3.05, 3.63) is 70.4 Å². The second-order valence-corrected chi connectivity index (χ2v) is 8.54. The van der Waals surface area contributed by atoms with E-state index in [2.05, 4.69) is 83.8 Å². The second-order valence-electron chi connectivity index (χ2n) is 5.53. The van der Waals surface area contributed by atoms with Gasteiger partial charge in [-0.2, -0.15) is 0 Å². The molecule has 0 radical (unpaired) electrons. The summed E-state index contributed by atoms with van der Waals surface area (Å²) >= 11 is 5.39. The van der Waals surface area contributed by atoms with E-state index in [1.807, 2.05) is 11.3 Å². The molecule has 0 spiro atoms. The van der Waals surface area contributed by atoms with Gasteiger partial charge in [0.05, 0.1) is 0 Å². The van der Waals surface area contributed by atoms with Crippen LogP contribution in [0.15, 0.2) is 70.5 Å². The monoisotopic (exact) mass is 386 g/mol. The smallest absolute Gasteiger partial charge is 0.0494 e. The van der Waals surface area contributed by atoms with Crippen LogP contribution >= 0.6 is 34.9 Å². The molecule has 130 valence electrons. The van der Waals surface area contributed by atoms with Crippen LogP contribution < -0.4 is 10.6 Å². The Hall–Kier alpha value is -1.56. The van der Waals surface area contributed by atoms with Crippen molar-refractivity contribution in [3.63, 3.8) is 0 Å². The molecule has 1 aromatic heterocycles. The highest BCUT2D eigenvalue weighted by Gasteiger charge is 2.01. The first kappa shape index (κ1) is 18.2. The zero-order valence-corrected chi connectivity index (χ0v) is 16.9. The van der Waals surface area contributed by atoms with E-state index in [4.69, 9.17) is 0 Å². The molecule has 0 aliphatic rings. The molecule has 0 unspecified atom stereocenters. The van der Waals surface area contributed by atoms with Gasteiger partial charge in [-0.1, -0.05) is 0 Å². The molecular weight excluding hydrogens is 364 g/mol. The van der Waals surface area contributed by atoms with Crippen molar-refractivity contribution in [3.8, 4) is 0 Å². The number of hydrogen-bond donors (Lipinski definition) is 2. The summed E-state index contributed by atoms with van der Waals surface area (Å²) in [6.45, 7) is 1.73. The van der Waals surface area contributed by atoms with E-state index < -0.39 is 0 Å². The Morgan fingerprint density at radius 2 is 1.04 bits per heavy atom. The minimum Gasteiger partial charge on any atom is -0.380 e. The average molecular weight is 387 g/mol. The maximum absolute atomic E-state index is 3.49. The molecule has 3 rings (SSSR count). The molecule has 0 bridgehead atoms. The van der Waals surface area contributed by atoms with Gasteiger partial charge in [0.15, 0.2) is 0 Å². The van der Waals surface area contributed by atoms with Crippen LogP contribution in [0.4, 0.5) is 11.4 Å². The molecule has 0 aliphatic heterocycles. The van der Waals surface area contributed by atoms with E-state index in [1.165, 1.54) is 30.9 Å². The first-order valence-electron chi connectivity index (χ1n) is 8.10. The minimum atomic E-state index is 0.867. The van der Waals surface area contributed by atoms with Crippen LogP contribution in [-0.4, -0.2) is 12.5 Å². The molecule has 2 N–H and O–H groups in total. The quantitative estimate of drug-likeness (QED) is 0.436. The maximum atomic E-state index is 3.49. The van der Waals surface area contributed by atoms with Crippen LogP contribution in [0.2, 0.25) is 0 Å². The van der Waals surface area contributed by atoms with E-state index >= 15 is 0 Å². The SMILES string of the molecule is CSc1ccc(NCc2ccc(CNc3ccc(SC)cc3)s2)cc1. The van der Waals surface area contributed by atoms with Crippen molar-refractivity contribution in [2.75, 3.05) is 23.1 Å². The fourth-order valence-corrected chi connectivity index (χ4v) is 4.12. The van der Waals surface area contributed by atoms with E-state index in [9.17, 15) is 0 Å². The van der Waals surface area contributed by atoms with Crippen LogP contribution in [0.5, 0.6) is 0 Å². The lowest BCUT2D eigenvalue weighted by Crippen LogP contribution is -1.97. The first-order valence-corrected chi connectivity index (χ1v) is 11.4. The number of thioether (sulfide) groups is 2. The molecule has 0 atom stereocenters. The molecule has 0 amide bonds. The van der Waals surface area contributed by atoms with Crippen molar-refractivity contribution in [1.82, 2.24) is 0 Å². The van der Waals surface area contributed by atoms with Gasteiger partial charge in [0.1, 0.15) is 0 Å². The van der Waals surface area contributed by atoms with E-state index in [0.717, 1.165) is 13.1 Å². The fraction of sp³-hybridized carbons (Fsp3) is 0.200. The number of rotatable bonds is 8. The largest absolute Gasteiger partial charge is 0.380 e. The highest BCUT2D eigenvalue weighted by atomic mass is 32.2. The first-order chi connectivity index (χ1) is 12.3. The molecule has 0 saturated heterocycles. The third-order valence-corrected chi connectivity index (χ3v) is 6.40. The predicted molar refractivity (Wildman–Crippen MR) is 115 cm³/mol. The number of benzene rings is 2. The van der Waals surface area contributed by atoms with Crippen LogP contribution in [0.25, 0.3) is 0 Å². The van der Waals surface area contributed by atoms with E-state index in [0.29, 0.717) is 0 Å². The van der Waals surface area contributed by atoms with Gasteiger partial charge in [-0.3, -0.25) is 0 Å². The minimum absolute atomic E-state index is 0.867. The second kappa shape index (κ2) is 9.22. The van der Waals surface area contributed by atoms with Crippen molar-refractivity contribution in [2.45, 2.75) is 22.9 Å². The van der Waals surface area contributed by atoms with Gasteiger partial charge in [-0.25, -0.2) is 0 Å². The molecule has 0 aliphatic carbocycles. The molecule has 3 aromatic rings. The fourth-order valence-electron chi connectivity index (χ4n) is 2.41. The topological polar surface area (TPSA) is 24.1 Å². The van der Waals surface area contributed by atoms with Crippen molar-refractivity contribution >= 4 is 46.2 Å². The number of nitrogens with one attached hydrogen (secondary N) is 2. The normalized spacial score (nSPS) is 10.6. The van der Waals surface area contributed by atoms with Gasteiger partial charge < -0.3 is 10.6 Å². The van der Waals surface area contributed by atoms with Crippen LogP contribution in [0.3, 0.4) is 0 Å². The maximum Gasteiger partial charge on any atom is 0.0494 e. The summed E-state index contributed by atoms with van der Waals surface area (Å²) in [5.74, 6) is 0. The lowest BCUT2D eigenvalue weighted by Gasteiger charge is -2.06. The average Bonchev–Trinajstić information content (AvgIpc) is 3.13. The van der Waals surface area contributed by atoms with E-state index in [-0.39, 0.29) is 0 Å². The summed E-state index contributed by atoms with van der Waals surface area (Å²) < 4.78 is 0. The van der Waals surface area contributed by atoms with Gasteiger partial charge in [-0.05, 0) is 73.2 Å². The zero-order chi connectivity index (χ0) is 17.5.